The number of hydrogen-bond acceptors (Lipinski definition) is 6. The van der Waals surface area contributed by atoms with Crippen LogP contribution in [0.15, 0.2) is 42.6 Å². The molecule has 0 fully saturated rings. The first-order chi connectivity index (χ1) is 14.0. The third-order valence-electron chi connectivity index (χ3n) is 4.95. The number of nitrogens with zero attached hydrogens (tertiary/aromatic N) is 3. The number of aliphatic hydroxyl groups excluding tert-OH is 1. The van der Waals surface area contributed by atoms with E-state index >= 15 is 0 Å². The Morgan fingerprint density at radius 2 is 1.90 bits per heavy atom. The zero-order valence-electron chi connectivity index (χ0n) is 18.2. The lowest BCUT2D eigenvalue weighted by Crippen LogP contribution is -2.35. The first-order valence-corrected chi connectivity index (χ1v) is 10.3. The fourth-order valence-corrected chi connectivity index (χ4v) is 3.19. The van der Waals surface area contributed by atoms with Gasteiger partial charge >= 0.3 is 0 Å². The first-order valence-electron chi connectivity index (χ1n) is 10.3. The van der Waals surface area contributed by atoms with Crippen molar-refractivity contribution in [3.8, 4) is 11.5 Å². The summed E-state index contributed by atoms with van der Waals surface area (Å²) in [7, 11) is 3.74. The van der Waals surface area contributed by atoms with Gasteiger partial charge in [-0.2, -0.15) is 0 Å². The number of rotatable bonds is 13. The van der Waals surface area contributed by atoms with Crippen LogP contribution >= 0.6 is 0 Å². The zero-order chi connectivity index (χ0) is 21.1. The molecule has 0 bridgehead atoms. The average molecular weight is 402 g/mol. The standard InChI is InChI=1S/C23H35N3O3/c1-5-26(6-2)17-21(27)18-29-22-11-10-19(15-23(22)28-4)16-25(3)14-12-20-9-7-8-13-24-20/h7-11,13,15,21,27H,5-6,12,14,16-18H2,1-4H3. The minimum absolute atomic E-state index is 0.246. The van der Waals surface area contributed by atoms with Crippen LogP contribution in [0, 0.1) is 0 Å². The number of likely N-dealkylation sites (N-methyl/N-ethyl adjacent to an activating group) is 2. The van der Waals surface area contributed by atoms with Crippen molar-refractivity contribution in [2.45, 2.75) is 32.9 Å². The second kappa shape index (κ2) is 12.4. The molecule has 0 amide bonds. The summed E-state index contributed by atoms with van der Waals surface area (Å²) in [5.74, 6) is 1.35. The fraction of sp³-hybridized carbons (Fsp3) is 0.522. The third-order valence-corrected chi connectivity index (χ3v) is 4.95. The molecule has 29 heavy (non-hydrogen) atoms. The summed E-state index contributed by atoms with van der Waals surface area (Å²) in [6, 6.07) is 12.0. The summed E-state index contributed by atoms with van der Waals surface area (Å²) in [5.41, 5.74) is 2.25. The monoisotopic (exact) mass is 401 g/mol. The van der Waals surface area contributed by atoms with Gasteiger partial charge in [-0.1, -0.05) is 26.0 Å². The van der Waals surface area contributed by atoms with Gasteiger partial charge in [-0.05, 0) is 50.0 Å². The van der Waals surface area contributed by atoms with E-state index in [1.165, 1.54) is 0 Å². The molecule has 2 aromatic rings. The van der Waals surface area contributed by atoms with Gasteiger partial charge in [0.2, 0.25) is 0 Å². The van der Waals surface area contributed by atoms with Gasteiger partial charge in [-0.3, -0.25) is 4.98 Å². The molecule has 1 atom stereocenters. The SMILES string of the molecule is CCN(CC)CC(O)COc1ccc(CN(C)CCc2ccccn2)cc1OC. The van der Waals surface area contributed by atoms with Crippen molar-refractivity contribution in [1.29, 1.82) is 0 Å². The highest BCUT2D eigenvalue weighted by Crippen LogP contribution is 2.28. The lowest BCUT2D eigenvalue weighted by Gasteiger charge is -2.22. The van der Waals surface area contributed by atoms with Crippen molar-refractivity contribution in [3.05, 3.63) is 53.9 Å². The Balaban J connectivity index is 1.87. The van der Waals surface area contributed by atoms with E-state index in [0.717, 1.165) is 43.9 Å². The minimum Gasteiger partial charge on any atom is -0.493 e. The van der Waals surface area contributed by atoms with Crippen LogP contribution in [0.25, 0.3) is 0 Å². The van der Waals surface area contributed by atoms with Gasteiger partial charge in [-0.25, -0.2) is 0 Å². The van der Waals surface area contributed by atoms with E-state index < -0.39 is 6.10 Å². The lowest BCUT2D eigenvalue weighted by atomic mass is 10.2. The topological polar surface area (TPSA) is 58.1 Å². The number of ether oxygens (including phenoxy) is 2. The van der Waals surface area contributed by atoms with Crippen LogP contribution < -0.4 is 9.47 Å². The van der Waals surface area contributed by atoms with Gasteiger partial charge < -0.3 is 24.4 Å². The summed E-state index contributed by atoms with van der Waals surface area (Å²) in [4.78, 5) is 8.81. The van der Waals surface area contributed by atoms with Crippen molar-refractivity contribution < 1.29 is 14.6 Å². The maximum absolute atomic E-state index is 10.2. The van der Waals surface area contributed by atoms with Crippen molar-refractivity contribution >= 4 is 0 Å². The van der Waals surface area contributed by atoms with Crippen LogP contribution in [0.2, 0.25) is 0 Å². The van der Waals surface area contributed by atoms with Crippen molar-refractivity contribution in [2.24, 2.45) is 0 Å². The van der Waals surface area contributed by atoms with Gasteiger partial charge in [0.05, 0.1) is 7.11 Å². The molecule has 1 unspecified atom stereocenters. The first kappa shape index (κ1) is 23.1. The molecule has 0 radical (unpaired) electrons. The summed E-state index contributed by atoms with van der Waals surface area (Å²) in [6.45, 7) is 8.60. The molecule has 1 heterocycles. The third kappa shape index (κ3) is 8.01. The fourth-order valence-electron chi connectivity index (χ4n) is 3.19. The molecule has 0 saturated carbocycles. The normalized spacial score (nSPS) is 12.4. The highest BCUT2D eigenvalue weighted by molar-refractivity contribution is 5.43. The number of pyridine rings is 1. The number of aliphatic hydroxyl groups is 1. The largest absolute Gasteiger partial charge is 0.493 e. The Hall–Kier alpha value is -2.15. The highest BCUT2D eigenvalue weighted by atomic mass is 16.5. The predicted molar refractivity (Wildman–Crippen MR) is 117 cm³/mol. The van der Waals surface area contributed by atoms with E-state index in [2.05, 4.69) is 41.7 Å². The summed E-state index contributed by atoms with van der Waals surface area (Å²) >= 11 is 0. The Kier molecular flexibility index (Phi) is 9.91. The maximum atomic E-state index is 10.2. The van der Waals surface area contributed by atoms with Crippen LogP contribution in [-0.4, -0.2) is 72.9 Å². The van der Waals surface area contributed by atoms with Crippen LogP contribution in [-0.2, 0) is 13.0 Å². The van der Waals surface area contributed by atoms with Gasteiger partial charge in [-0.15, -0.1) is 0 Å². The smallest absolute Gasteiger partial charge is 0.161 e. The van der Waals surface area contributed by atoms with E-state index in [1.54, 1.807) is 7.11 Å². The van der Waals surface area contributed by atoms with E-state index in [9.17, 15) is 5.11 Å². The van der Waals surface area contributed by atoms with E-state index in [-0.39, 0.29) is 6.61 Å². The number of hydrogen-bond donors (Lipinski definition) is 1. The number of methoxy groups -OCH3 is 1. The zero-order valence-corrected chi connectivity index (χ0v) is 18.2. The van der Waals surface area contributed by atoms with Crippen LogP contribution in [0.1, 0.15) is 25.1 Å². The summed E-state index contributed by atoms with van der Waals surface area (Å²) in [5, 5.41) is 10.2. The second-order valence-electron chi connectivity index (χ2n) is 7.24. The Labute approximate surface area is 175 Å². The number of benzene rings is 1. The minimum atomic E-state index is -0.531. The average Bonchev–Trinajstić information content (AvgIpc) is 2.75. The maximum Gasteiger partial charge on any atom is 0.161 e. The molecule has 0 aliphatic heterocycles. The Morgan fingerprint density at radius 3 is 2.55 bits per heavy atom. The van der Waals surface area contributed by atoms with Crippen LogP contribution in [0.5, 0.6) is 11.5 Å². The lowest BCUT2D eigenvalue weighted by molar-refractivity contribution is 0.0705. The molecule has 1 N–H and O–H groups in total. The molecule has 6 nitrogen and oxygen atoms in total. The summed E-state index contributed by atoms with van der Waals surface area (Å²) < 4.78 is 11.3. The van der Waals surface area contributed by atoms with Gasteiger partial charge in [0.15, 0.2) is 11.5 Å². The van der Waals surface area contributed by atoms with E-state index in [0.29, 0.717) is 18.0 Å². The van der Waals surface area contributed by atoms with Crippen molar-refractivity contribution in [1.82, 2.24) is 14.8 Å². The van der Waals surface area contributed by atoms with Gasteiger partial charge in [0.25, 0.3) is 0 Å². The van der Waals surface area contributed by atoms with Gasteiger partial charge in [0, 0.05) is 37.9 Å². The number of aromatic nitrogens is 1. The molecule has 0 aliphatic rings. The Bertz CT molecular complexity index is 708. The highest BCUT2D eigenvalue weighted by Gasteiger charge is 2.13. The van der Waals surface area contributed by atoms with Crippen molar-refractivity contribution in [2.75, 3.05) is 46.9 Å². The van der Waals surface area contributed by atoms with Gasteiger partial charge in [0.1, 0.15) is 12.7 Å². The quantitative estimate of drug-likeness (QED) is 0.557. The predicted octanol–water partition coefficient (Wildman–Crippen LogP) is 2.85. The molecule has 0 spiro atoms. The molecule has 6 heteroatoms. The molecule has 160 valence electrons. The molecule has 0 saturated heterocycles. The van der Waals surface area contributed by atoms with Crippen molar-refractivity contribution in [3.63, 3.8) is 0 Å². The molecule has 1 aromatic carbocycles. The molecular weight excluding hydrogens is 366 g/mol. The van der Waals surface area contributed by atoms with Crippen LogP contribution in [0.4, 0.5) is 0 Å². The molecule has 0 aliphatic carbocycles. The summed E-state index contributed by atoms with van der Waals surface area (Å²) in [6.07, 6.45) is 2.22. The van der Waals surface area contributed by atoms with E-state index in [4.69, 9.17) is 9.47 Å². The van der Waals surface area contributed by atoms with Crippen LogP contribution in [0.3, 0.4) is 0 Å². The molecule has 1 aromatic heterocycles. The second-order valence-corrected chi connectivity index (χ2v) is 7.24. The Morgan fingerprint density at radius 1 is 1.10 bits per heavy atom. The molecular formula is C23H35N3O3. The molecule has 2 rings (SSSR count). The van der Waals surface area contributed by atoms with E-state index in [1.807, 2.05) is 36.5 Å².